The highest BCUT2D eigenvalue weighted by atomic mass is 32.1. The van der Waals surface area contributed by atoms with Gasteiger partial charge in [0.15, 0.2) is 0 Å². The van der Waals surface area contributed by atoms with Crippen LogP contribution in [-0.4, -0.2) is 15.6 Å². The van der Waals surface area contributed by atoms with E-state index in [1.807, 2.05) is 24.4 Å². The Morgan fingerprint density at radius 3 is 2.89 bits per heavy atom. The molecule has 0 fully saturated rings. The van der Waals surface area contributed by atoms with Crippen LogP contribution in [0.15, 0.2) is 22.3 Å². The first-order valence-electron chi connectivity index (χ1n) is 5.55. The number of carbonyl (C=O) groups is 1. The second kappa shape index (κ2) is 5.49. The normalized spacial score (nSPS) is 10.7. The van der Waals surface area contributed by atoms with E-state index < -0.39 is 5.97 Å². The molecule has 2 aromatic rings. The number of nitrogens with zero attached hydrogens (tertiary/aromatic N) is 1. The summed E-state index contributed by atoms with van der Waals surface area (Å²) in [6.45, 7) is 2.39. The van der Waals surface area contributed by atoms with Crippen molar-refractivity contribution < 1.29 is 9.90 Å². The van der Waals surface area contributed by atoms with Crippen LogP contribution in [-0.2, 0) is 11.3 Å². The molecule has 0 saturated carbocycles. The van der Waals surface area contributed by atoms with Crippen molar-refractivity contribution in [2.24, 2.45) is 0 Å². The van der Waals surface area contributed by atoms with Gasteiger partial charge in [-0.05, 0) is 24.8 Å². The summed E-state index contributed by atoms with van der Waals surface area (Å²) in [7, 11) is 0. The molecule has 2 aromatic heterocycles. The highest BCUT2D eigenvalue weighted by Gasteiger charge is 2.14. The van der Waals surface area contributed by atoms with Gasteiger partial charge in [-0.1, -0.05) is 17.4 Å². The zero-order valence-electron chi connectivity index (χ0n) is 9.88. The van der Waals surface area contributed by atoms with Gasteiger partial charge in [0, 0.05) is 17.8 Å². The first-order chi connectivity index (χ1) is 8.59. The lowest BCUT2D eigenvalue weighted by molar-refractivity contribution is -0.137. The van der Waals surface area contributed by atoms with Gasteiger partial charge >= 0.3 is 10.8 Å². The fourth-order valence-electron chi connectivity index (χ4n) is 1.83. The van der Waals surface area contributed by atoms with Crippen LogP contribution in [0.1, 0.15) is 17.7 Å². The molecule has 2 heterocycles. The van der Waals surface area contributed by atoms with Gasteiger partial charge in [0.05, 0.1) is 10.6 Å². The van der Waals surface area contributed by atoms with Gasteiger partial charge in [0.1, 0.15) is 0 Å². The summed E-state index contributed by atoms with van der Waals surface area (Å²) in [5, 5.41) is 10.6. The zero-order valence-corrected chi connectivity index (χ0v) is 11.5. The summed E-state index contributed by atoms with van der Waals surface area (Å²) in [4.78, 5) is 24.4. The first-order valence-corrected chi connectivity index (χ1v) is 7.25. The molecule has 0 aliphatic heterocycles. The number of aliphatic carboxylic acids is 1. The van der Waals surface area contributed by atoms with Crippen LogP contribution in [0.5, 0.6) is 0 Å². The van der Waals surface area contributed by atoms with Gasteiger partial charge in [-0.3, -0.25) is 14.2 Å². The summed E-state index contributed by atoms with van der Waals surface area (Å²) in [5.74, 6) is -0.826. The van der Waals surface area contributed by atoms with E-state index in [-0.39, 0.29) is 11.3 Å². The maximum atomic E-state index is 11.9. The van der Waals surface area contributed by atoms with E-state index in [1.54, 1.807) is 15.9 Å². The van der Waals surface area contributed by atoms with Crippen molar-refractivity contribution in [2.75, 3.05) is 0 Å². The molecule has 0 aliphatic carbocycles. The lowest BCUT2D eigenvalue weighted by Gasteiger charge is -2.06. The summed E-state index contributed by atoms with van der Waals surface area (Å²) in [5.41, 5.74) is 0.936. The van der Waals surface area contributed by atoms with E-state index in [0.29, 0.717) is 13.0 Å². The predicted octanol–water partition coefficient (Wildman–Crippen LogP) is 2.81. The van der Waals surface area contributed by atoms with Gasteiger partial charge in [0.2, 0.25) is 0 Å². The second-order valence-electron chi connectivity index (χ2n) is 3.90. The molecule has 0 bridgehead atoms. The molecule has 0 aliphatic rings. The van der Waals surface area contributed by atoms with E-state index >= 15 is 0 Å². The number of aryl methyl sites for hydroxylation is 1. The molecule has 2 rings (SSSR count). The van der Waals surface area contributed by atoms with Crippen LogP contribution in [0.25, 0.3) is 10.6 Å². The smallest absolute Gasteiger partial charge is 0.307 e. The van der Waals surface area contributed by atoms with Crippen molar-refractivity contribution in [3.63, 3.8) is 0 Å². The molecule has 0 atom stereocenters. The SMILES string of the molecule is Cc1sc(=O)n(CCCC(=O)O)c1-c1cccs1. The van der Waals surface area contributed by atoms with Crippen molar-refractivity contribution in [1.82, 2.24) is 4.57 Å². The summed E-state index contributed by atoms with van der Waals surface area (Å²) in [6.07, 6.45) is 0.564. The Bertz CT molecular complexity index is 595. The molecule has 0 saturated heterocycles. The van der Waals surface area contributed by atoms with Crippen molar-refractivity contribution >= 4 is 28.6 Å². The number of hydrogen-bond acceptors (Lipinski definition) is 4. The monoisotopic (exact) mass is 283 g/mol. The Morgan fingerprint density at radius 2 is 2.28 bits per heavy atom. The number of carboxylic acids is 1. The maximum absolute atomic E-state index is 11.9. The highest BCUT2D eigenvalue weighted by molar-refractivity contribution is 7.14. The average Bonchev–Trinajstić information content (AvgIpc) is 2.87. The standard InChI is InChI=1S/C12H13NO3S2/c1-8-11(9-4-3-7-17-9)13(12(16)18-8)6-2-5-10(14)15/h3-4,7H,2,5-6H2,1H3,(H,14,15). The quantitative estimate of drug-likeness (QED) is 0.918. The Hall–Kier alpha value is -1.40. The van der Waals surface area contributed by atoms with Crippen molar-refractivity contribution in [1.29, 1.82) is 0 Å². The Labute approximate surface area is 112 Å². The van der Waals surface area contributed by atoms with E-state index in [9.17, 15) is 9.59 Å². The molecule has 0 radical (unpaired) electrons. The molecule has 4 nitrogen and oxygen atoms in total. The first kappa shape index (κ1) is 13.0. The van der Waals surface area contributed by atoms with Crippen LogP contribution in [0, 0.1) is 6.92 Å². The molecule has 1 N–H and O–H groups in total. The molecule has 0 unspecified atom stereocenters. The predicted molar refractivity (Wildman–Crippen MR) is 73.5 cm³/mol. The van der Waals surface area contributed by atoms with Crippen LogP contribution in [0.4, 0.5) is 0 Å². The minimum Gasteiger partial charge on any atom is -0.481 e. The van der Waals surface area contributed by atoms with Crippen LogP contribution < -0.4 is 4.87 Å². The molecule has 6 heteroatoms. The Balaban J connectivity index is 2.29. The van der Waals surface area contributed by atoms with E-state index in [0.717, 1.165) is 15.4 Å². The maximum Gasteiger partial charge on any atom is 0.307 e. The Morgan fingerprint density at radius 1 is 1.50 bits per heavy atom. The van der Waals surface area contributed by atoms with Crippen molar-refractivity contribution in [2.45, 2.75) is 26.3 Å². The number of thiophene rings is 1. The third kappa shape index (κ3) is 2.70. The summed E-state index contributed by atoms with van der Waals surface area (Å²) in [6, 6.07) is 3.93. The number of thiazole rings is 1. The Kier molecular flexibility index (Phi) is 3.98. The van der Waals surface area contributed by atoms with Crippen LogP contribution in [0.2, 0.25) is 0 Å². The topological polar surface area (TPSA) is 59.3 Å². The average molecular weight is 283 g/mol. The van der Waals surface area contributed by atoms with Crippen LogP contribution >= 0.6 is 22.7 Å². The van der Waals surface area contributed by atoms with E-state index in [2.05, 4.69) is 0 Å². The van der Waals surface area contributed by atoms with Crippen molar-refractivity contribution in [3.8, 4) is 10.6 Å². The zero-order chi connectivity index (χ0) is 13.1. The largest absolute Gasteiger partial charge is 0.481 e. The van der Waals surface area contributed by atoms with Gasteiger partial charge in [-0.25, -0.2) is 0 Å². The number of aromatic nitrogens is 1. The molecular weight excluding hydrogens is 270 g/mol. The second-order valence-corrected chi connectivity index (χ2v) is 6.01. The lowest BCUT2D eigenvalue weighted by Crippen LogP contribution is -2.15. The molecule has 0 amide bonds. The fourth-order valence-corrected chi connectivity index (χ4v) is 3.60. The molecule has 96 valence electrons. The minimum absolute atomic E-state index is 0.0127. The summed E-state index contributed by atoms with van der Waals surface area (Å²) >= 11 is 2.81. The lowest BCUT2D eigenvalue weighted by atomic mass is 10.2. The van der Waals surface area contributed by atoms with Gasteiger partial charge in [-0.15, -0.1) is 11.3 Å². The number of rotatable bonds is 5. The molecule has 0 aromatic carbocycles. The fraction of sp³-hybridized carbons (Fsp3) is 0.333. The third-order valence-corrected chi connectivity index (χ3v) is 4.36. The van der Waals surface area contributed by atoms with E-state index in [1.165, 1.54) is 11.3 Å². The number of hydrogen-bond donors (Lipinski definition) is 1. The molecule has 18 heavy (non-hydrogen) atoms. The third-order valence-electron chi connectivity index (χ3n) is 2.59. The van der Waals surface area contributed by atoms with E-state index in [4.69, 9.17) is 5.11 Å². The van der Waals surface area contributed by atoms with Gasteiger partial charge in [-0.2, -0.15) is 0 Å². The molecular formula is C12H13NO3S2. The van der Waals surface area contributed by atoms with Crippen LogP contribution in [0.3, 0.4) is 0 Å². The van der Waals surface area contributed by atoms with Gasteiger partial charge in [0.25, 0.3) is 0 Å². The number of carboxylic acid groups (broad SMARTS) is 1. The molecule has 0 spiro atoms. The summed E-state index contributed by atoms with van der Waals surface area (Å²) < 4.78 is 1.69. The van der Waals surface area contributed by atoms with Crippen molar-refractivity contribution in [3.05, 3.63) is 32.1 Å². The minimum atomic E-state index is -0.826. The van der Waals surface area contributed by atoms with Gasteiger partial charge < -0.3 is 5.11 Å². The highest BCUT2D eigenvalue weighted by Crippen LogP contribution is 2.29.